The van der Waals surface area contributed by atoms with Crippen LogP contribution in [-0.2, 0) is 18.9 Å². The zero-order valence-corrected chi connectivity index (χ0v) is 24.0. The highest BCUT2D eigenvalue weighted by atomic mass is 16.8. The van der Waals surface area contributed by atoms with Crippen LogP contribution >= 0.6 is 0 Å². The van der Waals surface area contributed by atoms with Crippen LogP contribution in [0.1, 0.15) is 72.4 Å². The van der Waals surface area contributed by atoms with Crippen LogP contribution in [0.3, 0.4) is 0 Å². The Morgan fingerprint density at radius 2 is 1.85 bits per heavy atom. The Kier molecular flexibility index (Phi) is 6.37. The van der Waals surface area contributed by atoms with Gasteiger partial charge in [-0.15, -0.1) is 0 Å². The van der Waals surface area contributed by atoms with Gasteiger partial charge in [-0.3, -0.25) is 4.90 Å². The van der Waals surface area contributed by atoms with Gasteiger partial charge >= 0.3 is 6.09 Å². The number of fused-ring (bicyclic) bond motifs is 2. The van der Waals surface area contributed by atoms with Gasteiger partial charge in [0.15, 0.2) is 12.0 Å². The molecule has 214 valence electrons. The zero-order valence-electron chi connectivity index (χ0n) is 24.0. The molecule has 6 heterocycles. The second kappa shape index (κ2) is 9.29. The molecule has 2 aromatic rings. The lowest BCUT2D eigenvalue weighted by molar-refractivity contribution is -0.199. The van der Waals surface area contributed by atoms with Crippen molar-refractivity contribution < 1.29 is 23.7 Å². The molecular formula is C28H42N6O5. The normalized spacial score (nSPS) is 30.4. The Labute approximate surface area is 229 Å². The average Bonchev–Trinajstić information content (AvgIpc) is 3.57. The first-order valence-electron chi connectivity index (χ1n) is 14.2. The maximum atomic E-state index is 12.7. The Morgan fingerprint density at radius 1 is 1.13 bits per heavy atom. The van der Waals surface area contributed by atoms with Gasteiger partial charge < -0.3 is 34.1 Å². The highest BCUT2D eigenvalue weighted by Crippen LogP contribution is 2.46. The molecule has 0 aromatic carbocycles. The van der Waals surface area contributed by atoms with E-state index in [1.807, 2.05) is 63.3 Å². The third-order valence-corrected chi connectivity index (χ3v) is 8.60. The number of hydrogen-bond acceptors (Lipinski definition) is 9. The van der Waals surface area contributed by atoms with Gasteiger partial charge in [-0.05, 0) is 79.8 Å². The van der Waals surface area contributed by atoms with E-state index in [1.54, 1.807) is 0 Å². The lowest BCUT2D eigenvalue weighted by atomic mass is 9.84. The van der Waals surface area contributed by atoms with E-state index in [0.717, 1.165) is 49.8 Å². The quantitative estimate of drug-likeness (QED) is 0.621. The SMILES string of the molecule is Cc1nc(N)c2ccn([C@@H]3O[C@H](CN4CCCC45CCN(C(=O)OC(C)(C)C)CC5)[C@H]4OC(C)(C)O[C@H]43)c2n1. The number of hydrogen-bond donors (Lipinski definition) is 1. The van der Waals surface area contributed by atoms with Crippen LogP contribution in [0.4, 0.5) is 10.6 Å². The molecule has 4 aliphatic rings. The molecule has 1 amide bonds. The largest absolute Gasteiger partial charge is 0.444 e. The van der Waals surface area contributed by atoms with Crippen LogP contribution in [0.5, 0.6) is 0 Å². The molecular weight excluding hydrogens is 500 g/mol. The Bertz CT molecular complexity index is 1250. The standard InChI is InChI=1S/C28H42N6O5/c1-17-30-22(29)18-8-13-34(23(18)31-17)24-21-20(37-27(5,6)38-21)19(36-24)16-33-12-7-9-28(33)10-14-32(15-11-28)25(35)39-26(2,3)4/h8,13,19-21,24H,7,9-12,14-16H2,1-6H3,(H2,29,30,31)/t19-,20-,21-,24-/m1/s1. The smallest absolute Gasteiger partial charge is 0.410 e. The van der Waals surface area contributed by atoms with Crippen LogP contribution in [-0.4, -0.2) is 91.8 Å². The predicted molar refractivity (Wildman–Crippen MR) is 145 cm³/mol. The summed E-state index contributed by atoms with van der Waals surface area (Å²) in [6.45, 7) is 14.7. The molecule has 11 heteroatoms. The molecule has 2 aromatic heterocycles. The van der Waals surface area contributed by atoms with E-state index in [9.17, 15) is 4.79 Å². The minimum absolute atomic E-state index is 0.0589. The number of anilines is 1. The second-order valence-electron chi connectivity index (χ2n) is 13.0. The fourth-order valence-electron chi connectivity index (χ4n) is 6.90. The van der Waals surface area contributed by atoms with Crippen molar-refractivity contribution in [1.82, 2.24) is 24.3 Å². The number of carbonyl (C=O) groups is 1. The number of aryl methyl sites for hydroxylation is 1. The third-order valence-electron chi connectivity index (χ3n) is 8.60. The average molecular weight is 543 g/mol. The molecule has 4 saturated heterocycles. The number of likely N-dealkylation sites (tertiary alicyclic amines) is 2. The maximum absolute atomic E-state index is 12.7. The van der Waals surface area contributed by atoms with Gasteiger partial charge in [0.2, 0.25) is 0 Å². The van der Waals surface area contributed by atoms with E-state index in [4.69, 9.17) is 24.7 Å². The van der Waals surface area contributed by atoms with Crippen molar-refractivity contribution in [2.24, 2.45) is 0 Å². The van der Waals surface area contributed by atoms with E-state index < -0.39 is 11.4 Å². The fraction of sp³-hybridized carbons (Fsp3) is 0.750. The molecule has 6 rings (SSSR count). The molecule has 0 bridgehead atoms. The van der Waals surface area contributed by atoms with Crippen molar-refractivity contribution in [3.05, 3.63) is 18.1 Å². The first-order valence-corrected chi connectivity index (χ1v) is 14.2. The van der Waals surface area contributed by atoms with E-state index in [1.165, 1.54) is 0 Å². The van der Waals surface area contributed by atoms with Gasteiger partial charge in [0, 0.05) is 31.4 Å². The Balaban J connectivity index is 1.20. The van der Waals surface area contributed by atoms with Crippen molar-refractivity contribution >= 4 is 22.9 Å². The number of aromatic nitrogens is 3. The van der Waals surface area contributed by atoms with Crippen molar-refractivity contribution in [2.75, 3.05) is 31.9 Å². The summed E-state index contributed by atoms with van der Waals surface area (Å²) < 4.78 is 27.2. The van der Waals surface area contributed by atoms with Gasteiger partial charge in [0.1, 0.15) is 41.2 Å². The molecule has 0 radical (unpaired) electrons. The van der Waals surface area contributed by atoms with Gasteiger partial charge in [0.25, 0.3) is 0 Å². The molecule has 2 N–H and O–H groups in total. The van der Waals surface area contributed by atoms with Gasteiger partial charge in [-0.1, -0.05) is 0 Å². The topological polar surface area (TPSA) is 117 Å². The molecule has 1 spiro atoms. The minimum atomic E-state index is -0.704. The van der Waals surface area contributed by atoms with Crippen LogP contribution in [0.15, 0.2) is 12.3 Å². The van der Waals surface area contributed by atoms with Crippen LogP contribution in [0.25, 0.3) is 11.0 Å². The number of nitrogens with zero attached hydrogens (tertiary/aromatic N) is 5. The number of nitrogen functional groups attached to an aromatic ring is 1. The minimum Gasteiger partial charge on any atom is -0.444 e. The maximum Gasteiger partial charge on any atom is 0.410 e. The summed E-state index contributed by atoms with van der Waals surface area (Å²) >= 11 is 0. The lowest BCUT2D eigenvalue weighted by Crippen LogP contribution is -2.56. The van der Waals surface area contributed by atoms with Crippen molar-refractivity contribution in [3.8, 4) is 0 Å². The molecule has 0 aliphatic carbocycles. The number of nitrogens with two attached hydrogens (primary N) is 1. The second-order valence-corrected chi connectivity index (χ2v) is 13.0. The van der Waals surface area contributed by atoms with Crippen molar-refractivity contribution in [3.63, 3.8) is 0 Å². The van der Waals surface area contributed by atoms with Crippen LogP contribution in [0, 0.1) is 6.92 Å². The van der Waals surface area contributed by atoms with E-state index in [-0.39, 0.29) is 36.2 Å². The molecule has 0 saturated carbocycles. The third kappa shape index (κ3) is 4.87. The number of piperidine rings is 1. The summed E-state index contributed by atoms with van der Waals surface area (Å²) in [6.07, 6.45) is 4.82. The van der Waals surface area contributed by atoms with Gasteiger partial charge in [0.05, 0.1) is 5.39 Å². The van der Waals surface area contributed by atoms with Gasteiger partial charge in [-0.25, -0.2) is 14.8 Å². The number of ether oxygens (including phenoxy) is 4. The summed E-state index contributed by atoms with van der Waals surface area (Å²) in [4.78, 5) is 26.1. The molecule has 4 atom stereocenters. The number of carbonyl (C=O) groups excluding carboxylic acids is 1. The first kappa shape index (κ1) is 26.7. The van der Waals surface area contributed by atoms with Gasteiger partial charge in [-0.2, -0.15) is 0 Å². The fourth-order valence-corrected chi connectivity index (χ4v) is 6.90. The summed E-state index contributed by atoms with van der Waals surface area (Å²) in [5, 5.41) is 0.803. The molecule has 0 unspecified atom stereocenters. The first-order chi connectivity index (χ1) is 18.3. The summed E-state index contributed by atoms with van der Waals surface area (Å²) in [5.74, 6) is 0.374. The molecule has 4 aliphatic heterocycles. The number of rotatable bonds is 3. The van der Waals surface area contributed by atoms with E-state index in [0.29, 0.717) is 24.7 Å². The number of amides is 1. The monoisotopic (exact) mass is 542 g/mol. The van der Waals surface area contributed by atoms with Crippen LogP contribution < -0.4 is 5.73 Å². The summed E-state index contributed by atoms with van der Waals surface area (Å²) in [6, 6.07) is 1.94. The highest BCUT2D eigenvalue weighted by Gasteiger charge is 2.57. The molecule has 39 heavy (non-hydrogen) atoms. The summed E-state index contributed by atoms with van der Waals surface area (Å²) in [7, 11) is 0. The zero-order chi connectivity index (χ0) is 27.7. The van der Waals surface area contributed by atoms with E-state index in [2.05, 4.69) is 14.9 Å². The Hall–Kier alpha value is -2.47. The Morgan fingerprint density at radius 3 is 2.56 bits per heavy atom. The highest BCUT2D eigenvalue weighted by molar-refractivity contribution is 5.86. The molecule has 11 nitrogen and oxygen atoms in total. The van der Waals surface area contributed by atoms with Crippen LogP contribution in [0.2, 0.25) is 0 Å². The van der Waals surface area contributed by atoms with Crippen molar-refractivity contribution in [2.45, 2.75) is 109 Å². The van der Waals surface area contributed by atoms with Crippen molar-refractivity contribution in [1.29, 1.82) is 0 Å². The molecule has 4 fully saturated rings. The predicted octanol–water partition coefficient (Wildman–Crippen LogP) is 3.60. The lowest BCUT2D eigenvalue weighted by Gasteiger charge is -2.46. The summed E-state index contributed by atoms with van der Waals surface area (Å²) in [5.41, 5.74) is 6.50. The van der Waals surface area contributed by atoms with E-state index >= 15 is 0 Å².